The number of nitrogens with one attached hydrogen (secondary N) is 3. The van der Waals surface area contributed by atoms with Gasteiger partial charge >= 0.3 is 0 Å². The molecule has 0 aliphatic heterocycles. The first kappa shape index (κ1) is 20.2. The summed E-state index contributed by atoms with van der Waals surface area (Å²) in [5, 5.41) is 8.33. The minimum absolute atomic E-state index is 0.120. The number of rotatable bonds is 4. The minimum atomic E-state index is -0.379. The molecule has 7 heteroatoms. The normalized spacial score (nSPS) is 10.1. The standard InChI is InChI=1S/C22H18FN3O2S/c1-14-5-2-3-8-19(14)21(28)26-22(29)25-18-7-4-6-15(13-18)20(27)24-17-11-9-16(23)10-12-17/h2-13H,1H3,(H,24,27)(H2,25,26,28,29). The molecule has 0 aliphatic carbocycles. The summed E-state index contributed by atoms with van der Waals surface area (Å²) in [6, 6.07) is 19.3. The molecule has 3 N–H and O–H groups in total. The van der Waals surface area contributed by atoms with Crippen molar-refractivity contribution >= 4 is 40.5 Å². The van der Waals surface area contributed by atoms with Crippen LogP contribution in [0.1, 0.15) is 26.3 Å². The highest BCUT2D eigenvalue weighted by atomic mass is 32.1. The van der Waals surface area contributed by atoms with Crippen LogP contribution in [-0.2, 0) is 0 Å². The van der Waals surface area contributed by atoms with E-state index >= 15 is 0 Å². The van der Waals surface area contributed by atoms with Crippen LogP contribution in [0.5, 0.6) is 0 Å². The van der Waals surface area contributed by atoms with E-state index in [1.165, 1.54) is 24.3 Å². The number of carbonyl (C=O) groups is 2. The predicted molar refractivity (Wildman–Crippen MR) is 116 cm³/mol. The second kappa shape index (κ2) is 9.07. The number of halogens is 1. The first-order chi connectivity index (χ1) is 13.9. The lowest BCUT2D eigenvalue weighted by Gasteiger charge is -2.12. The van der Waals surface area contributed by atoms with Crippen molar-refractivity contribution in [3.63, 3.8) is 0 Å². The summed E-state index contributed by atoms with van der Waals surface area (Å²) >= 11 is 5.20. The lowest BCUT2D eigenvalue weighted by Crippen LogP contribution is -2.34. The maximum Gasteiger partial charge on any atom is 0.257 e. The van der Waals surface area contributed by atoms with Crippen LogP contribution in [0.3, 0.4) is 0 Å². The number of thiocarbonyl (C=S) groups is 1. The topological polar surface area (TPSA) is 70.2 Å². The fourth-order valence-electron chi connectivity index (χ4n) is 2.64. The van der Waals surface area contributed by atoms with Gasteiger partial charge in [-0.05, 0) is 73.2 Å². The van der Waals surface area contributed by atoms with Crippen LogP contribution in [0.4, 0.5) is 15.8 Å². The third-order valence-electron chi connectivity index (χ3n) is 4.10. The van der Waals surface area contributed by atoms with Gasteiger partial charge < -0.3 is 10.6 Å². The zero-order valence-corrected chi connectivity index (χ0v) is 16.3. The van der Waals surface area contributed by atoms with Gasteiger partial charge in [0, 0.05) is 22.5 Å². The Morgan fingerprint density at radius 1 is 0.828 bits per heavy atom. The maximum absolute atomic E-state index is 13.0. The van der Waals surface area contributed by atoms with Gasteiger partial charge in [0.2, 0.25) is 0 Å². The molecule has 0 saturated carbocycles. The van der Waals surface area contributed by atoms with Gasteiger partial charge in [-0.2, -0.15) is 0 Å². The van der Waals surface area contributed by atoms with Crippen molar-refractivity contribution in [1.29, 1.82) is 0 Å². The zero-order valence-electron chi connectivity index (χ0n) is 15.5. The van der Waals surface area contributed by atoms with Gasteiger partial charge in [-0.25, -0.2) is 4.39 Å². The van der Waals surface area contributed by atoms with E-state index < -0.39 is 0 Å². The van der Waals surface area contributed by atoms with Crippen molar-refractivity contribution in [2.24, 2.45) is 0 Å². The second-order valence-electron chi connectivity index (χ2n) is 6.26. The molecule has 0 fully saturated rings. The molecule has 0 aliphatic rings. The Morgan fingerprint density at radius 2 is 1.55 bits per heavy atom. The molecule has 0 radical (unpaired) electrons. The number of benzene rings is 3. The summed E-state index contributed by atoms with van der Waals surface area (Å²) in [6.07, 6.45) is 0. The Morgan fingerprint density at radius 3 is 2.28 bits per heavy atom. The highest BCUT2D eigenvalue weighted by molar-refractivity contribution is 7.80. The molecule has 3 aromatic carbocycles. The Hall–Kier alpha value is -3.58. The average Bonchev–Trinajstić information content (AvgIpc) is 2.70. The first-order valence-electron chi connectivity index (χ1n) is 8.77. The molecule has 5 nitrogen and oxygen atoms in total. The average molecular weight is 407 g/mol. The van der Waals surface area contributed by atoms with Gasteiger partial charge in [-0.15, -0.1) is 0 Å². The molecule has 0 bridgehead atoms. The van der Waals surface area contributed by atoms with E-state index in [0.717, 1.165) is 5.56 Å². The number of aryl methyl sites for hydroxylation is 1. The smallest absolute Gasteiger partial charge is 0.257 e. The molecular weight excluding hydrogens is 389 g/mol. The summed E-state index contributed by atoms with van der Waals surface area (Å²) < 4.78 is 13.0. The van der Waals surface area contributed by atoms with Crippen LogP contribution in [0.25, 0.3) is 0 Å². The van der Waals surface area contributed by atoms with Crippen LogP contribution >= 0.6 is 12.2 Å². The van der Waals surface area contributed by atoms with Crippen molar-refractivity contribution in [3.8, 4) is 0 Å². The maximum atomic E-state index is 13.0. The van der Waals surface area contributed by atoms with E-state index in [9.17, 15) is 14.0 Å². The Balaban J connectivity index is 1.63. The summed E-state index contributed by atoms with van der Waals surface area (Å²) in [5.41, 5.74) is 2.78. The molecule has 0 spiro atoms. The van der Waals surface area contributed by atoms with Gasteiger partial charge in [0.1, 0.15) is 5.82 Å². The van der Waals surface area contributed by atoms with Gasteiger partial charge in [-0.1, -0.05) is 24.3 Å². The molecule has 146 valence electrons. The second-order valence-corrected chi connectivity index (χ2v) is 6.67. The van der Waals surface area contributed by atoms with E-state index in [1.807, 2.05) is 19.1 Å². The number of amides is 2. The van der Waals surface area contributed by atoms with Gasteiger partial charge in [0.15, 0.2) is 5.11 Å². The van der Waals surface area contributed by atoms with Crippen molar-refractivity contribution in [3.05, 3.63) is 95.3 Å². The quantitative estimate of drug-likeness (QED) is 0.557. The molecule has 0 atom stereocenters. The van der Waals surface area contributed by atoms with Gasteiger partial charge in [-0.3, -0.25) is 14.9 Å². The Bertz CT molecular complexity index is 1070. The Labute approximate surface area is 173 Å². The molecule has 0 saturated heterocycles. The largest absolute Gasteiger partial charge is 0.332 e. The number of anilines is 2. The van der Waals surface area contributed by atoms with Gasteiger partial charge in [0.05, 0.1) is 0 Å². The fraction of sp³-hybridized carbons (Fsp3) is 0.0455. The van der Waals surface area contributed by atoms with E-state index in [2.05, 4.69) is 16.0 Å². The number of hydrogen-bond donors (Lipinski definition) is 3. The van der Waals surface area contributed by atoms with Gasteiger partial charge in [0.25, 0.3) is 11.8 Å². The molecule has 29 heavy (non-hydrogen) atoms. The lowest BCUT2D eigenvalue weighted by molar-refractivity contribution is 0.0975. The monoisotopic (exact) mass is 407 g/mol. The van der Waals surface area contributed by atoms with E-state index in [1.54, 1.807) is 36.4 Å². The third-order valence-corrected chi connectivity index (χ3v) is 4.31. The Kier molecular flexibility index (Phi) is 6.31. The number of carbonyl (C=O) groups excluding carboxylic acids is 2. The minimum Gasteiger partial charge on any atom is -0.332 e. The fourth-order valence-corrected chi connectivity index (χ4v) is 2.85. The third kappa shape index (κ3) is 5.46. The van der Waals surface area contributed by atoms with Crippen molar-refractivity contribution in [1.82, 2.24) is 5.32 Å². The van der Waals surface area contributed by atoms with Crippen molar-refractivity contribution in [2.75, 3.05) is 10.6 Å². The van der Waals surface area contributed by atoms with Crippen molar-refractivity contribution < 1.29 is 14.0 Å². The molecule has 2 amide bonds. The zero-order chi connectivity index (χ0) is 20.8. The number of hydrogen-bond acceptors (Lipinski definition) is 3. The molecule has 0 aromatic heterocycles. The molecule has 0 unspecified atom stereocenters. The molecule has 0 heterocycles. The van der Waals surface area contributed by atoms with Crippen LogP contribution in [0, 0.1) is 12.7 Å². The summed E-state index contributed by atoms with van der Waals surface area (Å²) in [5.74, 6) is -1.05. The lowest BCUT2D eigenvalue weighted by atomic mass is 10.1. The molecular formula is C22H18FN3O2S. The molecule has 3 rings (SSSR count). The summed E-state index contributed by atoms with van der Waals surface area (Å²) in [7, 11) is 0. The van der Waals surface area contributed by atoms with E-state index in [-0.39, 0.29) is 22.7 Å². The van der Waals surface area contributed by atoms with E-state index in [0.29, 0.717) is 22.5 Å². The van der Waals surface area contributed by atoms with Crippen LogP contribution in [0.15, 0.2) is 72.8 Å². The highest BCUT2D eigenvalue weighted by Crippen LogP contribution is 2.14. The SMILES string of the molecule is Cc1ccccc1C(=O)NC(=S)Nc1cccc(C(=O)Nc2ccc(F)cc2)c1. The van der Waals surface area contributed by atoms with E-state index in [4.69, 9.17) is 12.2 Å². The summed E-state index contributed by atoms with van der Waals surface area (Å²) in [6.45, 7) is 1.84. The van der Waals surface area contributed by atoms with Crippen molar-refractivity contribution in [2.45, 2.75) is 6.92 Å². The molecule has 3 aromatic rings. The van der Waals surface area contributed by atoms with Crippen LogP contribution in [-0.4, -0.2) is 16.9 Å². The summed E-state index contributed by atoms with van der Waals surface area (Å²) in [4.78, 5) is 24.7. The first-order valence-corrected chi connectivity index (χ1v) is 9.18. The van der Waals surface area contributed by atoms with Crippen LogP contribution in [0.2, 0.25) is 0 Å². The predicted octanol–water partition coefficient (Wildman–Crippen LogP) is 4.51. The highest BCUT2D eigenvalue weighted by Gasteiger charge is 2.11. The van der Waals surface area contributed by atoms with Crippen LogP contribution < -0.4 is 16.0 Å².